The van der Waals surface area contributed by atoms with Gasteiger partial charge in [-0.25, -0.2) is 17.5 Å². The van der Waals surface area contributed by atoms with E-state index in [0.29, 0.717) is 0 Å². The lowest BCUT2D eigenvalue weighted by Crippen LogP contribution is -2.39. The van der Waals surface area contributed by atoms with Crippen molar-refractivity contribution in [3.63, 3.8) is 0 Å². The molecule has 0 aliphatic heterocycles. The molecule has 1 rings (SSSR count). The minimum atomic E-state index is -3.93. The van der Waals surface area contributed by atoms with Gasteiger partial charge in [0.15, 0.2) is 11.6 Å². The number of aliphatic hydroxyl groups excluding tert-OH is 1. The molecule has 0 saturated heterocycles. The lowest BCUT2D eigenvalue weighted by molar-refractivity contribution is 0.256. The molecule has 1 unspecified atom stereocenters. The fourth-order valence-corrected chi connectivity index (χ4v) is 3.36. The second-order valence-electron chi connectivity index (χ2n) is 5.01. The van der Waals surface area contributed by atoms with Gasteiger partial charge < -0.3 is 15.6 Å². The average molecular weight is 320 g/mol. The van der Waals surface area contributed by atoms with Gasteiger partial charge in [0.1, 0.15) is 0 Å². The van der Waals surface area contributed by atoms with Crippen LogP contribution in [0.1, 0.15) is 20.3 Å². The lowest BCUT2D eigenvalue weighted by atomic mass is 10.0. The zero-order chi connectivity index (χ0) is 16.2. The van der Waals surface area contributed by atoms with Crippen LogP contribution in [0.25, 0.3) is 0 Å². The predicted octanol–water partition coefficient (Wildman–Crippen LogP) is 1.10. The molecule has 0 spiro atoms. The van der Waals surface area contributed by atoms with Gasteiger partial charge in [-0.3, -0.25) is 0 Å². The molecule has 1 atom stereocenters. The molecule has 0 bridgehead atoms. The molecule has 1 aromatic rings. The van der Waals surface area contributed by atoms with E-state index in [1.54, 1.807) is 0 Å². The first-order valence-electron chi connectivity index (χ1n) is 6.49. The van der Waals surface area contributed by atoms with E-state index in [1.807, 2.05) is 13.8 Å². The van der Waals surface area contributed by atoms with Crippen molar-refractivity contribution in [3.8, 4) is 5.75 Å². The number of ether oxygens (including phenoxy) is 1. The highest BCUT2D eigenvalue weighted by Crippen LogP contribution is 2.28. The summed E-state index contributed by atoms with van der Waals surface area (Å²) in [6.45, 7) is 3.50. The third-order valence-electron chi connectivity index (χ3n) is 3.11. The zero-order valence-electron chi connectivity index (χ0n) is 12.3. The summed E-state index contributed by atoms with van der Waals surface area (Å²) in [4.78, 5) is -0.276. The molecule has 4 N–H and O–H groups in total. The van der Waals surface area contributed by atoms with Crippen LogP contribution in [-0.2, 0) is 10.0 Å². The van der Waals surface area contributed by atoms with E-state index in [2.05, 4.69) is 4.72 Å². The van der Waals surface area contributed by atoms with Crippen molar-refractivity contribution in [2.24, 2.45) is 5.92 Å². The van der Waals surface area contributed by atoms with Crippen molar-refractivity contribution in [3.05, 3.63) is 17.9 Å². The maximum Gasteiger partial charge on any atom is 0.241 e. The molecule has 0 aliphatic rings. The Morgan fingerprint density at radius 2 is 2.05 bits per heavy atom. The van der Waals surface area contributed by atoms with Crippen molar-refractivity contribution in [1.29, 1.82) is 0 Å². The van der Waals surface area contributed by atoms with Crippen molar-refractivity contribution in [2.75, 3.05) is 19.5 Å². The molecule has 0 saturated carbocycles. The molecule has 21 heavy (non-hydrogen) atoms. The number of nitrogen functional groups attached to an aromatic ring is 1. The topological polar surface area (TPSA) is 102 Å². The Labute approximate surface area is 124 Å². The Hall–Kier alpha value is -1.38. The fraction of sp³-hybridized carbons (Fsp3) is 0.538. The third-order valence-corrected chi connectivity index (χ3v) is 4.58. The van der Waals surface area contributed by atoms with Gasteiger partial charge in [0.05, 0.1) is 17.7 Å². The monoisotopic (exact) mass is 320 g/mol. The molecule has 1 aromatic carbocycles. The van der Waals surface area contributed by atoms with Crippen LogP contribution in [0.5, 0.6) is 5.75 Å². The fourth-order valence-electron chi connectivity index (χ4n) is 1.89. The third kappa shape index (κ3) is 4.29. The number of halogens is 1. The smallest absolute Gasteiger partial charge is 0.241 e. The summed E-state index contributed by atoms with van der Waals surface area (Å²) in [6, 6.07) is 1.54. The summed E-state index contributed by atoms with van der Waals surface area (Å²) < 4.78 is 45.5. The predicted molar refractivity (Wildman–Crippen MR) is 78.0 cm³/mol. The van der Waals surface area contributed by atoms with Crippen LogP contribution in [0.15, 0.2) is 17.0 Å². The van der Waals surface area contributed by atoms with E-state index >= 15 is 0 Å². The van der Waals surface area contributed by atoms with E-state index < -0.39 is 21.9 Å². The normalized spacial score (nSPS) is 13.4. The molecule has 120 valence electrons. The van der Waals surface area contributed by atoms with Crippen LogP contribution >= 0.6 is 0 Å². The zero-order valence-corrected chi connectivity index (χ0v) is 13.1. The van der Waals surface area contributed by atoms with Crippen LogP contribution in [0.4, 0.5) is 10.1 Å². The SMILES string of the molecule is COc1c(N)cc(S(=O)(=O)NC(CCO)C(C)C)cc1F. The highest BCUT2D eigenvalue weighted by Gasteiger charge is 2.24. The summed E-state index contributed by atoms with van der Waals surface area (Å²) >= 11 is 0. The van der Waals surface area contributed by atoms with Crippen molar-refractivity contribution in [1.82, 2.24) is 4.72 Å². The number of sulfonamides is 1. The number of aliphatic hydroxyl groups is 1. The Balaban J connectivity index is 3.13. The van der Waals surface area contributed by atoms with Gasteiger partial charge in [-0.15, -0.1) is 0 Å². The Morgan fingerprint density at radius 1 is 1.43 bits per heavy atom. The van der Waals surface area contributed by atoms with E-state index in [0.717, 1.165) is 12.1 Å². The number of rotatable bonds is 7. The van der Waals surface area contributed by atoms with Crippen LogP contribution in [0, 0.1) is 11.7 Å². The maximum absolute atomic E-state index is 13.7. The van der Waals surface area contributed by atoms with E-state index in [-0.39, 0.29) is 35.3 Å². The summed E-state index contributed by atoms with van der Waals surface area (Å²) in [7, 11) is -2.69. The first kappa shape index (κ1) is 17.7. The van der Waals surface area contributed by atoms with Gasteiger partial charge in [-0.05, 0) is 24.5 Å². The van der Waals surface area contributed by atoms with Gasteiger partial charge in [0.2, 0.25) is 10.0 Å². The summed E-state index contributed by atoms with van der Waals surface area (Å²) in [5, 5.41) is 8.98. The second kappa shape index (κ2) is 7.06. The highest BCUT2D eigenvalue weighted by molar-refractivity contribution is 7.89. The number of anilines is 1. The quantitative estimate of drug-likeness (QED) is 0.653. The minimum absolute atomic E-state index is 0.0210. The van der Waals surface area contributed by atoms with E-state index in [4.69, 9.17) is 15.6 Å². The first-order chi connectivity index (χ1) is 9.72. The Morgan fingerprint density at radius 3 is 2.48 bits per heavy atom. The molecule has 8 heteroatoms. The summed E-state index contributed by atoms with van der Waals surface area (Å²) in [5.74, 6) is -1.06. The lowest BCUT2D eigenvalue weighted by Gasteiger charge is -2.21. The highest BCUT2D eigenvalue weighted by atomic mass is 32.2. The van der Waals surface area contributed by atoms with Crippen LogP contribution < -0.4 is 15.2 Å². The summed E-state index contributed by atoms with van der Waals surface area (Å²) in [5.41, 5.74) is 5.49. The summed E-state index contributed by atoms with van der Waals surface area (Å²) in [6.07, 6.45) is 0.269. The largest absolute Gasteiger partial charge is 0.492 e. The maximum atomic E-state index is 13.7. The Bertz CT molecular complexity index is 567. The molecule has 0 fully saturated rings. The van der Waals surface area contributed by atoms with Crippen LogP contribution in [0.2, 0.25) is 0 Å². The number of nitrogens with two attached hydrogens (primary N) is 1. The number of hydrogen-bond acceptors (Lipinski definition) is 5. The van der Waals surface area contributed by atoms with Gasteiger partial charge in [0.25, 0.3) is 0 Å². The molecule has 0 amide bonds. The molecule has 0 radical (unpaired) electrons. The molecule has 0 aliphatic carbocycles. The van der Waals surface area contributed by atoms with Gasteiger partial charge in [0, 0.05) is 12.6 Å². The average Bonchev–Trinajstić information content (AvgIpc) is 2.37. The Kier molecular flexibility index (Phi) is 5.94. The molecule has 6 nitrogen and oxygen atoms in total. The van der Waals surface area contributed by atoms with Crippen LogP contribution in [0.3, 0.4) is 0 Å². The molecular formula is C13H21FN2O4S. The van der Waals surface area contributed by atoms with E-state index in [1.165, 1.54) is 7.11 Å². The van der Waals surface area contributed by atoms with Crippen LogP contribution in [-0.4, -0.2) is 33.3 Å². The minimum Gasteiger partial charge on any atom is -0.492 e. The van der Waals surface area contributed by atoms with Gasteiger partial charge >= 0.3 is 0 Å². The van der Waals surface area contributed by atoms with Crippen molar-refractivity contribution in [2.45, 2.75) is 31.2 Å². The standard InChI is InChI=1S/C13H21FN2O4S/c1-8(2)12(4-5-17)16-21(18,19)9-6-10(14)13(20-3)11(15)7-9/h6-8,12,16-17H,4-5,15H2,1-3H3. The van der Waals surface area contributed by atoms with Gasteiger partial charge in [-0.2, -0.15) is 0 Å². The molecule has 0 aromatic heterocycles. The first-order valence-corrected chi connectivity index (χ1v) is 7.97. The van der Waals surface area contributed by atoms with Crippen molar-refractivity contribution < 1.29 is 22.7 Å². The van der Waals surface area contributed by atoms with Crippen molar-refractivity contribution >= 4 is 15.7 Å². The number of benzene rings is 1. The number of methoxy groups -OCH3 is 1. The molecule has 0 heterocycles. The van der Waals surface area contributed by atoms with E-state index in [9.17, 15) is 12.8 Å². The second-order valence-corrected chi connectivity index (χ2v) is 6.73. The number of hydrogen-bond donors (Lipinski definition) is 3. The number of nitrogens with one attached hydrogen (secondary N) is 1. The molecular weight excluding hydrogens is 299 g/mol. The van der Waals surface area contributed by atoms with Gasteiger partial charge in [-0.1, -0.05) is 13.8 Å².